The Morgan fingerprint density at radius 1 is 1.11 bits per heavy atom. The fraction of sp³-hybridized carbons (Fsp3) is 0.533. The van der Waals surface area contributed by atoms with Crippen LogP contribution in [0.15, 0.2) is 54.6 Å². The number of aryl methyl sites for hydroxylation is 1. The van der Waals surface area contributed by atoms with Gasteiger partial charge in [0, 0.05) is 19.6 Å². The smallest absolute Gasteiger partial charge is 0.247 e. The van der Waals surface area contributed by atoms with Crippen molar-refractivity contribution in [2.45, 2.75) is 70.1 Å². The molecule has 4 N–H and O–H groups in total. The molecule has 2 amide bonds. The molecule has 4 rings (SSSR count). The molecule has 1 heterocycles. The van der Waals surface area contributed by atoms with Gasteiger partial charge >= 0.3 is 0 Å². The van der Waals surface area contributed by atoms with Gasteiger partial charge in [0.05, 0.1) is 24.7 Å². The number of aliphatic hydroxyl groups excluding tert-OH is 1. The van der Waals surface area contributed by atoms with E-state index in [1.54, 1.807) is 13.8 Å². The van der Waals surface area contributed by atoms with E-state index < -0.39 is 17.6 Å². The van der Waals surface area contributed by atoms with Gasteiger partial charge < -0.3 is 25.8 Å². The van der Waals surface area contributed by atoms with Gasteiger partial charge in [-0.25, -0.2) is 0 Å². The lowest BCUT2D eigenvalue weighted by Crippen LogP contribution is -2.57. The number of carbonyl (C=O) groups is 2. The molecule has 0 saturated carbocycles. The van der Waals surface area contributed by atoms with Gasteiger partial charge in [-0.2, -0.15) is 0 Å². The number of fused-ring (bicyclic) bond motifs is 2. The van der Waals surface area contributed by atoms with Crippen molar-refractivity contribution in [3.8, 4) is 0 Å². The SMILES string of the molecule is C[C@@H](O)CC(C)(CN)C(=O)N[C@H](COCc1ccccc1)C(=O)N1CCC2(CCc3ccccc32)CC1. The van der Waals surface area contributed by atoms with E-state index in [0.717, 1.165) is 31.2 Å². The monoisotopic (exact) mass is 507 g/mol. The maximum atomic E-state index is 13.7. The Labute approximate surface area is 220 Å². The second kappa shape index (κ2) is 11.8. The van der Waals surface area contributed by atoms with E-state index in [-0.39, 0.29) is 36.8 Å². The number of rotatable bonds is 10. The molecule has 1 fully saturated rings. The minimum atomic E-state index is -0.981. The van der Waals surface area contributed by atoms with Crippen LogP contribution in [0.25, 0.3) is 0 Å². The fourth-order valence-corrected chi connectivity index (χ4v) is 5.96. The third kappa shape index (κ3) is 6.22. The maximum absolute atomic E-state index is 13.7. The molecule has 0 aromatic heterocycles. The lowest BCUT2D eigenvalue weighted by Gasteiger charge is -2.41. The topological polar surface area (TPSA) is 105 Å². The Hall–Kier alpha value is -2.74. The number of carbonyl (C=O) groups excluding carboxylic acids is 2. The van der Waals surface area contributed by atoms with Crippen LogP contribution in [-0.4, -0.2) is 60.2 Å². The number of ether oxygens (including phenoxy) is 1. The van der Waals surface area contributed by atoms with Crippen molar-refractivity contribution in [1.82, 2.24) is 10.2 Å². The van der Waals surface area contributed by atoms with E-state index in [9.17, 15) is 14.7 Å². The van der Waals surface area contributed by atoms with Crippen LogP contribution in [0.3, 0.4) is 0 Å². The van der Waals surface area contributed by atoms with Crippen molar-refractivity contribution in [3.05, 3.63) is 71.3 Å². The Morgan fingerprint density at radius 3 is 2.46 bits per heavy atom. The van der Waals surface area contributed by atoms with Gasteiger partial charge in [-0.3, -0.25) is 9.59 Å². The van der Waals surface area contributed by atoms with E-state index >= 15 is 0 Å². The number of hydrogen-bond acceptors (Lipinski definition) is 5. The summed E-state index contributed by atoms with van der Waals surface area (Å²) in [4.78, 5) is 28.9. The number of aliphatic hydroxyl groups is 1. The number of benzene rings is 2. The summed E-state index contributed by atoms with van der Waals surface area (Å²) >= 11 is 0. The zero-order valence-electron chi connectivity index (χ0n) is 22.1. The Balaban J connectivity index is 1.44. The van der Waals surface area contributed by atoms with Crippen LogP contribution in [0, 0.1) is 5.41 Å². The minimum absolute atomic E-state index is 0.0687. The molecule has 3 atom stereocenters. The predicted octanol–water partition coefficient (Wildman–Crippen LogP) is 2.93. The van der Waals surface area contributed by atoms with Crippen molar-refractivity contribution in [3.63, 3.8) is 0 Å². The number of nitrogens with zero attached hydrogens (tertiary/aromatic N) is 1. The number of nitrogens with one attached hydrogen (secondary N) is 1. The number of amides is 2. The summed E-state index contributed by atoms with van der Waals surface area (Å²) in [6.07, 6.45) is 3.59. The summed E-state index contributed by atoms with van der Waals surface area (Å²) in [6.45, 7) is 5.16. The van der Waals surface area contributed by atoms with Gasteiger partial charge in [0.25, 0.3) is 0 Å². The van der Waals surface area contributed by atoms with Crippen LogP contribution in [-0.2, 0) is 32.8 Å². The van der Waals surface area contributed by atoms with Crippen LogP contribution >= 0.6 is 0 Å². The molecular formula is C30H41N3O4. The number of hydrogen-bond donors (Lipinski definition) is 3. The average Bonchev–Trinajstić information content (AvgIpc) is 3.26. The molecule has 0 radical (unpaired) electrons. The average molecular weight is 508 g/mol. The minimum Gasteiger partial charge on any atom is -0.393 e. The third-order valence-electron chi connectivity index (χ3n) is 8.24. The fourth-order valence-electron chi connectivity index (χ4n) is 5.96. The molecule has 2 aromatic carbocycles. The third-order valence-corrected chi connectivity index (χ3v) is 8.24. The quantitative estimate of drug-likeness (QED) is 0.459. The molecule has 7 heteroatoms. The highest BCUT2D eigenvalue weighted by Crippen LogP contribution is 2.46. The van der Waals surface area contributed by atoms with Gasteiger partial charge in [-0.15, -0.1) is 0 Å². The Bertz CT molecular complexity index is 1070. The van der Waals surface area contributed by atoms with E-state index in [1.165, 1.54) is 11.1 Å². The van der Waals surface area contributed by atoms with E-state index in [0.29, 0.717) is 19.7 Å². The van der Waals surface area contributed by atoms with Gasteiger partial charge in [-0.1, -0.05) is 54.6 Å². The summed E-state index contributed by atoms with van der Waals surface area (Å²) in [5.74, 6) is -0.463. The second-order valence-electron chi connectivity index (χ2n) is 11.1. The summed E-state index contributed by atoms with van der Waals surface area (Å²) in [7, 11) is 0. The Morgan fingerprint density at radius 2 is 1.78 bits per heavy atom. The summed E-state index contributed by atoms with van der Waals surface area (Å²) in [5, 5.41) is 12.8. The largest absolute Gasteiger partial charge is 0.393 e. The highest BCUT2D eigenvalue weighted by Gasteiger charge is 2.43. The highest BCUT2D eigenvalue weighted by molar-refractivity contribution is 5.90. The lowest BCUT2D eigenvalue weighted by atomic mass is 9.74. The van der Waals surface area contributed by atoms with E-state index in [2.05, 4.69) is 29.6 Å². The zero-order valence-corrected chi connectivity index (χ0v) is 22.1. The van der Waals surface area contributed by atoms with Crippen LogP contribution in [0.1, 0.15) is 56.2 Å². The van der Waals surface area contributed by atoms with Crippen molar-refractivity contribution in [2.75, 3.05) is 26.2 Å². The molecule has 1 spiro atoms. The second-order valence-corrected chi connectivity index (χ2v) is 11.1. The van der Waals surface area contributed by atoms with Crippen molar-refractivity contribution >= 4 is 11.8 Å². The normalized spacial score (nSPS) is 19.6. The lowest BCUT2D eigenvalue weighted by molar-refractivity contribution is -0.142. The van der Waals surface area contributed by atoms with Gasteiger partial charge in [0.1, 0.15) is 6.04 Å². The first-order chi connectivity index (χ1) is 17.8. The van der Waals surface area contributed by atoms with E-state index in [4.69, 9.17) is 10.5 Å². The number of likely N-dealkylation sites (tertiary alicyclic amines) is 1. The molecular weight excluding hydrogens is 466 g/mol. The van der Waals surface area contributed by atoms with E-state index in [1.807, 2.05) is 35.2 Å². The number of nitrogens with two attached hydrogens (primary N) is 1. The molecule has 1 aliphatic heterocycles. The summed E-state index contributed by atoms with van der Waals surface area (Å²) < 4.78 is 5.92. The highest BCUT2D eigenvalue weighted by atomic mass is 16.5. The Kier molecular flexibility index (Phi) is 8.67. The number of piperidine rings is 1. The first-order valence-electron chi connectivity index (χ1n) is 13.4. The first kappa shape index (κ1) is 27.3. The molecule has 1 saturated heterocycles. The molecule has 200 valence electrons. The zero-order chi connectivity index (χ0) is 26.5. The van der Waals surface area contributed by atoms with Gasteiger partial charge in [0.15, 0.2) is 0 Å². The maximum Gasteiger partial charge on any atom is 0.247 e. The molecule has 7 nitrogen and oxygen atoms in total. The first-order valence-corrected chi connectivity index (χ1v) is 13.4. The van der Waals surface area contributed by atoms with Crippen molar-refractivity contribution < 1.29 is 19.4 Å². The van der Waals surface area contributed by atoms with Crippen LogP contribution in [0.4, 0.5) is 0 Å². The molecule has 2 aliphatic rings. The van der Waals surface area contributed by atoms with Crippen molar-refractivity contribution in [1.29, 1.82) is 0 Å². The van der Waals surface area contributed by atoms with Crippen molar-refractivity contribution in [2.24, 2.45) is 11.1 Å². The molecule has 0 bridgehead atoms. The van der Waals surface area contributed by atoms with Crippen LogP contribution in [0.5, 0.6) is 0 Å². The predicted molar refractivity (Wildman–Crippen MR) is 144 cm³/mol. The van der Waals surface area contributed by atoms with Gasteiger partial charge in [0.2, 0.25) is 11.8 Å². The molecule has 1 unspecified atom stereocenters. The molecule has 1 aliphatic carbocycles. The summed E-state index contributed by atoms with van der Waals surface area (Å²) in [5.41, 5.74) is 8.97. The summed E-state index contributed by atoms with van der Waals surface area (Å²) in [6, 6.07) is 17.6. The molecule has 37 heavy (non-hydrogen) atoms. The van der Waals surface area contributed by atoms with Gasteiger partial charge in [-0.05, 0) is 68.1 Å². The van der Waals surface area contributed by atoms with Crippen LogP contribution < -0.4 is 11.1 Å². The standard InChI is InChI=1S/C30H41N3O4/c1-22(34)18-29(2,21-31)28(36)32-26(20-37-19-23-8-4-3-5-9-23)27(35)33-16-14-30(15-17-33)13-12-24-10-6-7-11-25(24)30/h3-11,22,26,34H,12-21,31H2,1-2H3,(H,32,36)/t22-,26-,29?/m1/s1. The molecule has 2 aromatic rings. The van der Waals surface area contributed by atoms with Crippen LogP contribution in [0.2, 0.25) is 0 Å².